The highest BCUT2D eigenvalue weighted by atomic mass is 35.5. The molecule has 1 nitrogen and oxygen atoms in total. The molecule has 15 heavy (non-hydrogen) atoms. The molecule has 1 aromatic heterocycles. The van der Waals surface area contributed by atoms with Crippen LogP contribution in [0.5, 0.6) is 0 Å². The molecule has 0 radical (unpaired) electrons. The minimum Gasteiger partial charge on any atom is -0.288 e. The number of rotatable bonds is 2. The maximum atomic E-state index is 12.0. The molecule has 0 aliphatic rings. The molecule has 0 N–H and O–H groups in total. The highest BCUT2D eigenvalue weighted by molar-refractivity contribution is 7.18. The molecule has 76 valence electrons. The van der Waals surface area contributed by atoms with Crippen molar-refractivity contribution in [1.82, 2.24) is 0 Å². The van der Waals surface area contributed by atoms with Crippen LogP contribution in [0.4, 0.5) is 0 Å². The lowest BCUT2D eigenvalue weighted by Crippen LogP contribution is -1.98. The quantitative estimate of drug-likeness (QED) is 0.722. The number of ketones is 1. The fraction of sp³-hybridized carbons (Fsp3) is 0.0833. The highest BCUT2D eigenvalue weighted by Crippen LogP contribution is 2.24. The Morgan fingerprint density at radius 2 is 2.07 bits per heavy atom. The lowest BCUT2D eigenvalue weighted by molar-refractivity contribution is 0.104. The summed E-state index contributed by atoms with van der Waals surface area (Å²) in [6.07, 6.45) is 0. The van der Waals surface area contributed by atoms with E-state index in [-0.39, 0.29) is 5.78 Å². The van der Waals surface area contributed by atoms with Gasteiger partial charge in [-0.1, -0.05) is 35.4 Å². The van der Waals surface area contributed by atoms with Crippen LogP contribution >= 0.6 is 22.9 Å². The number of carbonyl (C=O) groups excluding carboxylic acids is 1. The lowest BCUT2D eigenvalue weighted by Gasteiger charge is -1.98. The van der Waals surface area contributed by atoms with Crippen LogP contribution in [-0.2, 0) is 0 Å². The molecule has 0 saturated carbocycles. The van der Waals surface area contributed by atoms with E-state index in [1.54, 1.807) is 12.1 Å². The molecule has 0 aliphatic heterocycles. The van der Waals surface area contributed by atoms with Gasteiger partial charge < -0.3 is 0 Å². The zero-order chi connectivity index (χ0) is 10.8. The molecule has 0 atom stereocenters. The summed E-state index contributed by atoms with van der Waals surface area (Å²) >= 11 is 7.10. The number of halogens is 1. The number of hydrogen-bond acceptors (Lipinski definition) is 2. The van der Waals surface area contributed by atoms with Crippen LogP contribution in [0.3, 0.4) is 0 Å². The SMILES string of the molecule is Cc1cccc(C(=O)c2ccc(Cl)s2)c1. The van der Waals surface area contributed by atoms with Crippen molar-refractivity contribution in [2.24, 2.45) is 0 Å². The van der Waals surface area contributed by atoms with Gasteiger partial charge in [0.15, 0.2) is 0 Å². The molecular formula is C12H9ClOS. The van der Waals surface area contributed by atoms with Crippen LogP contribution in [0, 0.1) is 6.92 Å². The molecular weight excluding hydrogens is 228 g/mol. The second-order valence-electron chi connectivity index (χ2n) is 3.30. The van der Waals surface area contributed by atoms with Crippen molar-refractivity contribution >= 4 is 28.7 Å². The maximum Gasteiger partial charge on any atom is 0.203 e. The Morgan fingerprint density at radius 3 is 2.67 bits per heavy atom. The Hall–Kier alpha value is -1.12. The first-order valence-electron chi connectivity index (χ1n) is 4.53. The van der Waals surface area contributed by atoms with Crippen LogP contribution in [0.2, 0.25) is 4.34 Å². The molecule has 0 amide bonds. The summed E-state index contributed by atoms with van der Waals surface area (Å²) in [4.78, 5) is 12.6. The van der Waals surface area contributed by atoms with Crippen molar-refractivity contribution in [3.8, 4) is 0 Å². The first-order chi connectivity index (χ1) is 7.16. The molecule has 0 saturated heterocycles. The molecule has 0 unspecified atom stereocenters. The van der Waals surface area contributed by atoms with Gasteiger partial charge in [0.2, 0.25) is 5.78 Å². The Labute approximate surface area is 97.3 Å². The molecule has 0 spiro atoms. The van der Waals surface area contributed by atoms with Gasteiger partial charge in [-0.3, -0.25) is 4.79 Å². The van der Waals surface area contributed by atoms with Crippen LogP contribution in [-0.4, -0.2) is 5.78 Å². The number of thiophene rings is 1. The zero-order valence-corrected chi connectivity index (χ0v) is 9.73. The first-order valence-corrected chi connectivity index (χ1v) is 5.73. The van der Waals surface area contributed by atoms with Crippen molar-refractivity contribution < 1.29 is 4.79 Å². The molecule has 0 fully saturated rings. The van der Waals surface area contributed by atoms with Crippen molar-refractivity contribution in [2.75, 3.05) is 0 Å². The van der Waals surface area contributed by atoms with E-state index in [0.717, 1.165) is 5.56 Å². The van der Waals surface area contributed by atoms with E-state index >= 15 is 0 Å². The van der Waals surface area contributed by atoms with Crippen molar-refractivity contribution in [1.29, 1.82) is 0 Å². The van der Waals surface area contributed by atoms with Gasteiger partial charge in [-0.25, -0.2) is 0 Å². The normalized spacial score (nSPS) is 10.3. The predicted octanol–water partition coefficient (Wildman–Crippen LogP) is 3.94. The second kappa shape index (κ2) is 4.17. The zero-order valence-electron chi connectivity index (χ0n) is 8.16. The summed E-state index contributed by atoms with van der Waals surface area (Å²) in [5.74, 6) is 0.0376. The van der Waals surface area contributed by atoms with E-state index in [0.29, 0.717) is 14.8 Å². The third-order valence-electron chi connectivity index (χ3n) is 2.08. The average molecular weight is 237 g/mol. The van der Waals surface area contributed by atoms with E-state index < -0.39 is 0 Å². The number of hydrogen-bond donors (Lipinski definition) is 0. The van der Waals surface area contributed by atoms with Gasteiger partial charge in [-0.05, 0) is 25.1 Å². The molecule has 2 rings (SSSR count). The molecule has 2 aromatic rings. The minimum atomic E-state index is 0.0376. The maximum absolute atomic E-state index is 12.0. The molecule has 0 bridgehead atoms. The monoisotopic (exact) mass is 236 g/mol. The number of aryl methyl sites for hydroxylation is 1. The van der Waals surface area contributed by atoms with Gasteiger partial charge in [-0.15, -0.1) is 11.3 Å². The molecule has 3 heteroatoms. The van der Waals surface area contributed by atoms with Crippen LogP contribution in [0.1, 0.15) is 20.8 Å². The lowest BCUT2D eigenvalue weighted by atomic mass is 10.1. The molecule has 1 heterocycles. The summed E-state index contributed by atoms with van der Waals surface area (Å²) in [5, 5.41) is 0. The Bertz CT molecular complexity index is 502. The van der Waals surface area contributed by atoms with E-state index in [9.17, 15) is 4.79 Å². The van der Waals surface area contributed by atoms with Crippen LogP contribution in [0.15, 0.2) is 36.4 Å². The fourth-order valence-corrected chi connectivity index (χ4v) is 2.37. The summed E-state index contributed by atoms with van der Waals surface area (Å²) in [6.45, 7) is 1.97. The van der Waals surface area contributed by atoms with Gasteiger partial charge in [0.05, 0.1) is 9.21 Å². The topological polar surface area (TPSA) is 17.1 Å². The van der Waals surface area contributed by atoms with Crippen LogP contribution in [0.25, 0.3) is 0 Å². The molecule has 0 aliphatic carbocycles. The largest absolute Gasteiger partial charge is 0.288 e. The Kier molecular flexibility index (Phi) is 2.89. The van der Waals surface area contributed by atoms with Gasteiger partial charge in [0.1, 0.15) is 0 Å². The minimum absolute atomic E-state index is 0.0376. The average Bonchev–Trinajstić information content (AvgIpc) is 2.64. The third-order valence-corrected chi connectivity index (χ3v) is 3.31. The van der Waals surface area contributed by atoms with Crippen molar-refractivity contribution in [3.05, 3.63) is 56.7 Å². The third kappa shape index (κ3) is 2.28. The van der Waals surface area contributed by atoms with Crippen molar-refractivity contribution in [2.45, 2.75) is 6.92 Å². The van der Waals surface area contributed by atoms with E-state index in [2.05, 4.69) is 0 Å². The fourth-order valence-electron chi connectivity index (χ4n) is 1.36. The summed E-state index contributed by atoms with van der Waals surface area (Å²) < 4.78 is 0.644. The smallest absolute Gasteiger partial charge is 0.203 e. The van der Waals surface area contributed by atoms with Crippen molar-refractivity contribution in [3.63, 3.8) is 0 Å². The van der Waals surface area contributed by atoms with Gasteiger partial charge in [0.25, 0.3) is 0 Å². The summed E-state index contributed by atoms with van der Waals surface area (Å²) in [5.41, 5.74) is 1.80. The molecule has 1 aromatic carbocycles. The summed E-state index contributed by atoms with van der Waals surface area (Å²) in [7, 11) is 0. The predicted molar refractivity (Wildman–Crippen MR) is 63.9 cm³/mol. The number of carbonyl (C=O) groups is 1. The second-order valence-corrected chi connectivity index (χ2v) is 5.02. The van der Waals surface area contributed by atoms with E-state index in [1.165, 1.54) is 11.3 Å². The van der Waals surface area contributed by atoms with Gasteiger partial charge in [0, 0.05) is 5.56 Å². The van der Waals surface area contributed by atoms with Gasteiger partial charge in [-0.2, -0.15) is 0 Å². The van der Waals surface area contributed by atoms with Crippen LogP contribution < -0.4 is 0 Å². The van der Waals surface area contributed by atoms with E-state index in [1.807, 2.05) is 31.2 Å². The number of benzene rings is 1. The van der Waals surface area contributed by atoms with Gasteiger partial charge >= 0.3 is 0 Å². The standard InChI is InChI=1S/C12H9ClOS/c1-8-3-2-4-9(7-8)12(14)10-5-6-11(13)15-10/h2-7H,1H3. The highest BCUT2D eigenvalue weighted by Gasteiger charge is 2.10. The first kappa shape index (κ1) is 10.4. The van der Waals surface area contributed by atoms with E-state index in [4.69, 9.17) is 11.6 Å². The Balaban J connectivity index is 2.36. The summed E-state index contributed by atoms with van der Waals surface area (Å²) in [6, 6.07) is 11.1. The Morgan fingerprint density at radius 1 is 1.27 bits per heavy atom.